The molecule has 2 aliphatic heterocycles. The van der Waals surface area contributed by atoms with Gasteiger partial charge in [0.15, 0.2) is 5.70 Å². The molecule has 0 saturated carbocycles. The van der Waals surface area contributed by atoms with Crippen molar-refractivity contribution in [3.8, 4) is 0 Å². The molecule has 2 heterocycles. The van der Waals surface area contributed by atoms with E-state index in [1.165, 1.54) is 11.4 Å². The molecular weight excluding hydrogens is 196 g/mol. The van der Waals surface area contributed by atoms with Crippen LogP contribution in [0.5, 0.6) is 0 Å². The molecule has 0 aromatic heterocycles. The van der Waals surface area contributed by atoms with Gasteiger partial charge in [0.05, 0.1) is 19.8 Å². The summed E-state index contributed by atoms with van der Waals surface area (Å²) < 4.78 is 0.920. The second-order valence-corrected chi connectivity index (χ2v) is 4.24. The molecule has 0 radical (unpaired) electrons. The van der Waals surface area contributed by atoms with E-state index in [1.54, 1.807) is 0 Å². The summed E-state index contributed by atoms with van der Waals surface area (Å²) in [5.74, 6) is 0. The highest BCUT2D eigenvalue weighted by molar-refractivity contribution is 5.34. The molecule has 0 unspecified atom stereocenters. The fourth-order valence-electron chi connectivity index (χ4n) is 1.84. The molecule has 0 aromatic carbocycles. The number of quaternary nitrogens is 1. The fraction of sp³-hybridized carbons (Fsp3) is 0.429. The average molecular weight is 219 g/mol. The van der Waals surface area contributed by atoms with Crippen molar-refractivity contribution >= 4 is 0 Å². The Labute approximate surface area is 99.2 Å². The number of nitrogens with zero attached hydrogens (tertiary/aromatic N) is 1. The summed E-state index contributed by atoms with van der Waals surface area (Å²) in [6.45, 7) is 6.00. The highest BCUT2D eigenvalue weighted by Gasteiger charge is 2.25. The standard InChI is InChI=1S/C12H17N2.C2H6/c1-14(2)10-6-4-8-12(14)11-7-3-5-9-13-11;1-2/h3-8,13H,9-10H2,1-2H3;1-2H3/q+1;. The van der Waals surface area contributed by atoms with Crippen molar-refractivity contribution in [2.24, 2.45) is 0 Å². The van der Waals surface area contributed by atoms with Gasteiger partial charge in [-0.15, -0.1) is 0 Å². The largest absolute Gasteiger partial charge is 0.377 e. The van der Waals surface area contributed by atoms with Gasteiger partial charge in [-0.2, -0.15) is 0 Å². The van der Waals surface area contributed by atoms with Crippen LogP contribution in [0.3, 0.4) is 0 Å². The minimum absolute atomic E-state index is 0.920. The average Bonchev–Trinajstić information content (AvgIpc) is 2.32. The summed E-state index contributed by atoms with van der Waals surface area (Å²) in [5, 5.41) is 3.40. The SMILES string of the molecule is CC.C[N+]1(C)CC=CC=C1C1=CC=CCN1. The zero-order valence-electron chi connectivity index (χ0n) is 10.8. The van der Waals surface area contributed by atoms with E-state index in [0.717, 1.165) is 17.6 Å². The smallest absolute Gasteiger partial charge is 0.156 e. The molecule has 0 atom stereocenters. The molecule has 2 aliphatic rings. The van der Waals surface area contributed by atoms with Crippen LogP contribution in [0.15, 0.2) is 47.9 Å². The Morgan fingerprint density at radius 1 is 1.06 bits per heavy atom. The number of likely N-dealkylation sites (N-methyl/N-ethyl adjacent to an activating group) is 1. The van der Waals surface area contributed by atoms with Crippen LogP contribution < -0.4 is 5.32 Å². The summed E-state index contributed by atoms with van der Waals surface area (Å²) in [5.41, 5.74) is 2.61. The number of dihydropyridines is 1. The van der Waals surface area contributed by atoms with Crippen LogP contribution in [0, 0.1) is 0 Å². The first-order chi connectivity index (χ1) is 7.70. The van der Waals surface area contributed by atoms with Crippen molar-refractivity contribution < 1.29 is 4.48 Å². The Bertz CT molecular complexity index is 344. The van der Waals surface area contributed by atoms with E-state index < -0.39 is 0 Å². The molecule has 88 valence electrons. The number of hydrogen-bond donors (Lipinski definition) is 1. The first-order valence-electron chi connectivity index (χ1n) is 6.01. The quantitative estimate of drug-likeness (QED) is 0.668. The maximum Gasteiger partial charge on any atom is 0.156 e. The predicted molar refractivity (Wildman–Crippen MR) is 70.8 cm³/mol. The monoisotopic (exact) mass is 219 g/mol. The minimum atomic E-state index is 0.920. The second kappa shape index (κ2) is 5.71. The zero-order valence-corrected chi connectivity index (χ0v) is 10.8. The van der Waals surface area contributed by atoms with Crippen LogP contribution in [0.1, 0.15) is 13.8 Å². The van der Waals surface area contributed by atoms with Gasteiger partial charge in [-0.1, -0.05) is 32.1 Å². The minimum Gasteiger partial charge on any atom is -0.377 e. The molecule has 0 spiro atoms. The Hall–Kier alpha value is -1.28. The number of allylic oxidation sites excluding steroid dienone is 4. The third-order valence-electron chi connectivity index (χ3n) is 2.69. The summed E-state index contributed by atoms with van der Waals surface area (Å²) in [4.78, 5) is 0. The summed E-state index contributed by atoms with van der Waals surface area (Å²) in [6.07, 6.45) is 12.9. The lowest BCUT2D eigenvalue weighted by atomic mass is 10.1. The van der Waals surface area contributed by atoms with Gasteiger partial charge < -0.3 is 5.32 Å². The molecule has 1 N–H and O–H groups in total. The van der Waals surface area contributed by atoms with Crippen molar-refractivity contribution in [1.29, 1.82) is 0 Å². The normalized spacial score (nSPS) is 21.2. The molecule has 0 aromatic rings. The Morgan fingerprint density at radius 2 is 1.75 bits per heavy atom. The molecule has 0 fully saturated rings. The van der Waals surface area contributed by atoms with Gasteiger partial charge in [0.25, 0.3) is 0 Å². The van der Waals surface area contributed by atoms with Crippen LogP contribution >= 0.6 is 0 Å². The van der Waals surface area contributed by atoms with Crippen molar-refractivity contribution in [3.05, 3.63) is 47.9 Å². The van der Waals surface area contributed by atoms with E-state index >= 15 is 0 Å². The van der Waals surface area contributed by atoms with Crippen LogP contribution in [0.4, 0.5) is 0 Å². The molecule has 16 heavy (non-hydrogen) atoms. The van der Waals surface area contributed by atoms with Crippen molar-refractivity contribution in [3.63, 3.8) is 0 Å². The van der Waals surface area contributed by atoms with E-state index in [0.29, 0.717) is 0 Å². The van der Waals surface area contributed by atoms with Crippen LogP contribution in [-0.2, 0) is 0 Å². The van der Waals surface area contributed by atoms with Crippen molar-refractivity contribution in [2.75, 3.05) is 27.2 Å². The van der Waals surface area contributed by atoms with Gasteiger partial charge in [-0.25, -0.2) is 0 Å². The van der Waals surface area contributed by atoms with Crippen molar-refractivity contribution in [1.82, 2.24) is 5.32 Å². The molecule has 0 aliphatic carbocycles. The number of rotatable bonds is 1. The summed E-state index contributed by atoms with van der Waals surface area (Å²) in [6, 6.07) is 0. The molecule has 2 heteroatoms. The third kappa shape index (κ3) is 2.86. The van der Waals surface area contributed by atoms with E-state index in [2.05, 4.69) is 55.9 Å². The van der Waals surface area contributed by atoms with Gasteiger partial charge >= 0.3 is 0 Å². The molecule has 2 rings (SSSR count). The Kier molecular flexibility index (Phi) is 4.56. The maximum absolute atomic E-state index is 3.40. The first kappa shape index (κ1) is 12.8. The maximum atomic E-state index is 3.40. The summed E-state index contributed by atoms with van der Waals surface area (Å²) in [7, 11) is 4.46. The van der Waals surface area contributed by atoms with Crippen LogP contribution in [0.25, 0.3) is 0 Å². The lowest BCUT2D eigenvalue weighted by Gasteiger charge is -2.33. The van der Waals surface area contributed by atoms with Gasteiger partial charge in [0.2, 0.25) is 0 Å². The van der Waals surface area contributed by atoms with E-state index in [4.69, 9.17) is 0 Å². The number of hydrogen-bond acceptors (Lipinski definition) is 1. The lowest BCUT2D eigenvalue weighted by molar-refractivity contribution is -0.844. The second-order valence-electron chi connectivity index (χ2n) is 4.24. The molecule has 0 saturated heterocycles. The fourth-order valence-corrected chi connectivity index (χ4v) is 1.84. The van der Waals surface area contributed by atoms with E-state index in [1.807, 2.05) is 13.8 Å². The predicted octanol–water partition coefficient (Wildman–Crippen LogP) is 2.59. The first-order valence-corrected chi connectivity index (χ1v) is 6.01. The van der Waals surface area contributed by atoms with Crippen LogP contribution in [0.2, 0.25) is 0 Å². The van der Waals surface area contributed by atoms with Gasteiger partial charge in [-0.05, 0) is 12.2 Å². The highest BCUT2D eigenvalue weighted by Crippen LogP contribution is 2.22. The topological polar surface area (TPSA) is 12.0 Å². The Morgan fingerprint density at radius 3 is 2.31 bits per heavy atom. The third-order valence-corrected chi connectivity index (χ3v) is 2.69. The van der Waals surface area contributed by atoms with Crippen molar-refractivity contribution in [2.45, 2.75) is 13.8 Å². The van der Waals surface area contributed by atoms with Gasteiger partial charge in [0.1, 0.15) is 6.54 Å². The highest BCUT2D eigenvalue weighted by atomic mass is 15.3. The van der Waals surface area contributed by atoms with Gasteiger partial charge in [0, 0.05) is 12.6 Å². The Balaban J connectivity index is 0.000000606. The van der Waals surface area contributed by atoms with Gasteiger partial charge in [-0.3, -0.25) is 4.48 Å². The molecule has 2 nitrogen and oxygen atoms in total. The van der Waals surface area contributed by atoms with Crippen LogP contribution in [-0.4, -0.2) is 31.7 Å². The van der Waals surface area contributed by atoms with E-state index in [-0.39, 0.29) is 0 Å². The summed E-state index contributed by atoms with van der Waals surface area (Å²) >= 11 is 0. The zero-order chi connectivity index (χ0) is 12.0. The molecule has 0 amide bonds. The number of nitrogens with one attached hydrogen (secondary N) is 1. The molecular formula is C14H23N2+. The van der Waals surface area contributed by atoms with E-state index in [9.17, 15) is 0 Å². The lowest BCUT2D eigenvalue weighted by Crippen LogP contribution is -2.42. The molecule has 0 bridgehead atoms.